The van der Waals surface area contributed by atoms with Crippen molar-refractivity contribution in [2.45, 2.75) is 30.4 Å². The first-order chi connectivity index (χ1) is 17.9. The Morgan fingerprint density at radius 1 is 1.49 bits per heavy atom. The lowest BCUT2D eigenvalue weighted by Gasteiger charge is -2.53. The zero-order valence-corrected chi connectivity index (χ0v) is 21.7. The van der Waals surface area contributed by atoms with E-state index in [1.54, 1.807) is 5.38 Å². The van der Waals surface area contributed by atoms with Crippen LogP contribution in [0.1, 0.15) is 18.5 Å². The molecule has 0 spiro atoms. The molecule has 0 radical (unpaired) electrons. The maximum atomic E-state index is 13.2. The van der Waals surface area contributed by atoms with Crippen LogP contribution in [0, 0.1) is 16.7 Å². The van der Waals surface area contributed by atoms with Crippen molar-refractivity contribution < 1.29 is 29.1 Å². The van der Waals surface area contributed by atoms with Crippen LogP contribution in [-0.4, -0.2) is 80.5 Å². The quantitative estimate of drug-likeness (QED) is 0.0893. The van der Waals surface area contributed by atoms with Crippen LogP contribution in [0.3, 0.4) is 0 Å². The van der Waals surface area contributed by atoms with Crippen molar-refractivity contribution in [1.29, 1.82) is 5.26 Å². The number of aromatic nitrogens is 1. The number of fused-ring (bicyclic) bond motifs is 1. The fraction of sp³-hybridized carbons (Fsp3) is 0.409. The zero-order chi connectivity index (χ0) is 26.4. The topological polar surface area (TPSA) is 174 Å². The van der Waals surface area contributed by atoms with Crippen molar-refractivity contribution in [3.8, 4) is 6.07 Å². The van der Waals surface area contributed by atoms with Gasteiger partial charge in [0.05, 0.1) is 6.07 Å². The summed E-state index contributed by atoms with van der Waals surface area (Å²) in [6.45, 7) is 0.00345. The first-order valence-electron chi connectivity index (χ1n) is 11.1. The van der Waals surface area contributed by atoms with E-state index in [2.05, 4.69) is 20.8 Å². The van der Waals surface area contributed by atoms with Crippen LogP contribution < -0.4 is 10.6 Å². The summed E-state index contributed by atoms with van der Waals surface area (Å²) in [5, 5.41) is 30.5. The second-order valence-corrected chi connectivity index (χ2v) is 11.2. The fourth-order valence-electron chi connectivity index (χ4n) is 3.92. The van der Waals surface area contributed by atoms with Gasteiger partial charge in [0.15, 0.2) is 10.8 Å². The van der Waals surface area contributed by atoms with E-state index in [0.29, 0.717) is 6.41 Å². The number of hydrogen-bond donors (Lipinski definition) is 3. The van der Waals surface area contributed by atoms with Crippen LogP contribution in [0.25, 0.3) is 0 Å². The number of hydrogen-bond acceptors (Lipinski definition) is 11. The highest BCUT2D eigenvalue weighted by molar-refractivity contribution is 8.02. The van der Waals surface area contributed by atoms with E-state index in [0.717, 1.165) is 24.2 Å². The van der Waals surface area contributed by atoms with Gasteiger partial charge < -0.3 is 25.5 Å². The standard InChI is InChI=1S/C22H22N6O6S3/c23-6-3-7-35-10-22(20(32)33)9-28-18(31)16(19(28)37-11-22)26-17(30)15(27-34-13-4-1-2-5-13)14-8-36-21(25-14)24-12-29/h1,3-4,7-8,12-13,16,19H,2,5,9-11H2,(H,26,30)(H,32,33)(H,24,25,29)/t13?,16?,19-,22?/m1/s1. The second-order valence-electron chi connectivity index (χ2n) is 8.34. The lowest BCUT2D eigenvalue weighted by molar-refractivity contribution is -0.157. The number of nitriles is 1. The molecule has 1 aromatic heterocycles. The number of thioether (sulfide) groups is 2. The fourth-order valence-corrected chi connectivity index (χ4v) is 7.13. The van der Waals surface area contributed by atoms with Crippen molar-refractivity contribution in [1.82, 2.24) is 15.2 Å². The van der Waals surface area contributed by atoms with Gasteiger partial charge in [-0.25, -0.2) is 4.98 Å². The molecule has 3 unspecified atom stereocenters. The number of oxime groups is 1. The van der Waals surface area contributed by atoms with E-state index in [9.17, 15) is 24.3 Å². The van der Waals surface area contributed by atoms with E-state index in [1.165, 1.54) is 39.9 Å². The van der Waals surface area contributed by atoms with E-state index in [1.807, 2.05) is 18.2 Å². The number of β-lactam (4-membered cyclic amide) rings is 1. The van der Waals surface area contributed by atoms with Gasteiger partial charge in [0, 0.05) is 29.5 Å². The molecule has 12 nitrogen and oxygen atoms in total. The number of carboxylic acid groups (broad SMARTS) is 1. The van der Waals surface area contributed by atoms with Crippen LogP contribution in [0.4, 0.5) is 5.13 Å². The lowest BCUT2D eigenvalue weighted by Crippen LogP contribution is -2.74. The normalized spacial score (nSPS) is 26.8. The molecular formula is C22H22N6O6S3. The number of carbonyl (C=O) groups is 4. The van der Waals surface area contributed by atoms with Crippen molar-refractivity contribution >= 4 is 69.9 Å². The molecule has 194 valence electrons. The Balaban J connectivity index is 1.45. The number of rotatable bonds is 11. The average molecular weight is 563 g/mol. The summed E-state index contributed by atoms with van der Waals surface area (Å²) in [5.74, 6) is -1.65. The van der Waals surface area contributed by atoms with Crippen molar-refractivity contribution in [3.05, 3.63) is 34.7 Å². The Bertz CT molecular complexity index is 1210. The Morgan fingerprint density at radius 2 is 2.32 bits per heavy atom. The number of nitrogens with zero attached hydrogens (tertiary/aromatic N) is 4. The predicted molar refractivity (Wildman–Crippen MR) is 139 cm³/mol. The summed E-state index contributed by atoms with van der Waals surface area (Å²) in [5.41, 5.74) is -1.13. The monoisotopic (exact) mass is 562 g/mol. The van der Waals surface area contributed by atoms with Gasteiger partial charge in [0.25, 0.3) is 5.91 Å². The Kier molecular flexibility index (Phi) is 8.52. The van der Waals surface area contributed by atoms with Crippen molar-refractivity contribution in [2.75, 3.05) is 23.4 Å². The van der Waals surface area contributed by atoms with Gasteiger partial charge in [-0.05, 0) is 24.3 Å². The molecule has 4 atom stereocenters. The average Bonchev–Trinajstić information content (AvgIpc) is 3.58. The summed E-state index contributed by atoms with van der Waals surface area (Å²) < 4.78 is 0. The minimum Gasteiger partial charge on any atom is -0.481 e. The first-order valence-corrected chi connectivity index (χ1v) is 14.1. The van der Waals surface area contributed by atoms with Crippen LogP contribution in [0.15, 0.2) is 34.2 Å². The highest BCUT2D eigenvalue weighted by Gasteiger charge is 2.57. The Hall–Kier alpha value is -3.35. The molecule has 0 aromatic carbocycles. The Morgan fingerprint density at radius 3 is 3.03 bits per heavy atom. The van der Waals surface area contributed by atoms with Crippen LogP contribution >= 0.6 is 34.9 Å². The SMILES string of the molecule is N#CC=CSCC1(C(=O)O)CS[C@@H]2C(NC(=O)C(=NOC3C=CCC3)c3csc(NC=O)n3)C(=O)N2C1. The summed E-state index contributed by atoms with van der Waals surface area (Å²) in [4.78, 5) is 60.1. The van der Waals surface area contributed by atoms with Gasteiger partial charge >= 0.3 is 5.97 Å². The molecule has 4 rings (SSSR count). The smallest absolute Gasteiger partial charge is 0.313 e. The molecule has 1 aromatic rings. The molecule has 2 fully saturated rings. The minimum atomic E-state index is -1.17. The van der Waals surface area contributed by atoms with E-state index in [-0.39, 0.29) is 40.7 Å². The molecule has 3 heterocycles. The van der Waals surface area contributed by atoms with Gasteiger partial charge in [-0.1, -0.05) is 11.2 Å². The highest BCUT2D eigenvalue weighted by atomic mass is 32.2. The number of allylic oxidation sites excluding steroid dienone is 2. The molecule has 3 amide bonds. The predicted octanol–water partition coefficient (Wildman–Crippen LogP) is 1.39. The van der Waals surface area contributed by atoms with E-state index in [4.69, 9.17) is 10.1 Å². The van der Waals surface area contributed by atoms with Crippen LogP contribution in [0.5, 0.6) is 0 Å². The number of thiazole rings is 1. The van der Waals surface area contributed by atoms with Gasteiger partial charge in [-0.15, -0.1) is 34.9 Å². The van der Waals surface area contributed by atoms with Crippen molar-refractivity contribution in [2.24, 2.45) is 10.6 Å². The molecule has 37 heavy (non-hydrogen) atoms. The number of nitrogens with one attached hydrogen (secondary N) is 2. The van der Waals surface area contributed by atoms with Crippen LogP contribution in [-0.2, 0) is 24.0 Å². The molecule has 3 N–H and O–H groups in total. The molecule has 1 aliphatic carbocycles. The molecule has 2 saturated heterocycles. The second kappa shape index (κ2) is 11.8. The van der Waals surface area contributed by atoms with Gasteiger partial charge in [0.2, 0.25) is 12.3 Å². The minimum absolute atomic E-state index is 0.00345. The highest BCUT2D eigenvalue weighted by Crippen LogP contribution is 2.43. The maximum Gasteiger partial charge on any atom is 0.313 e. The third kappa shape index (κ3) is 5.81. The molecule has 0 saturated carbocycles. The third-order valence-electron chi connectivity index (χ3n) is 5.88. The number of anilines is 1. The largest absolute Gasteiger partial charge is 0.481 e. The van der Waals surface area contributed by atoms with Gasteiger partial charge in [-0.2, -0.15) is 5.26 Å². The number of carboxylic acids is 1. The first kappa shape index (κ1) is 26.7. The number of carbonyl (C=O) groups excluding carboxylic acids is 3. The van der Waals surface area contributed by atoms with Crippen molar-refractivity contribution in [3.63, 3.8) is 0 Å². The number of aliphatic carboxylic acids is 1. The molecule has 0 bridgehead atoms. The maximum absolute atomic E-state index is 13.2. The Labute approximate surface area is 224 Å². The summed E-state index contributed by atoms with van der Waals surface area (Å²) in [7, 11) is 0. The lowest BCUT2D eigenvalue weighted by atomic mass is 9.89. The summed E-state index contributed by atoms with van der Waals surface area (Å²) >= 11 is 3.59. The summed E-state index contributed by atoms with van der Waals surface area (Å²) in [6, 6.07) is 0.992. The summed E-state index contributed by atoms with van der Waals surface area (Å²) in [6.07, 6.45) is 6.80. The van der Waals surface area contributed by atoms with Gasteiger partial charge in [-0.3, -0.25) is 19.2 Å². The molecule has 2 aliphatic heterocycles. The third-order valence-corrected chi connectivity index (χ3v) is 9.28. The van der Waals surface area contributed by atoms with Gasteiger partial charge in [0.1, 0.15) is 28.6 Å². The van der Waals surface area contributed by atoms with E-state index >= 15 is 0 Å². The van der Waals surface area contributed by atoms with Crippen LogP contribution in [0.2, 0.25) is 0 Å². The van der Waals surface area contributed by atoms with E-state index < -0.39 is 34.6 Å². The zero-order valence-electron chi connectivity index (χ0n) is 19.2. The number of amides is 3. The molecule has 3 aliphatic rings. The molecular weight excluding hydrogens is 540 g/mol. The molecule has 15 heteroatoms.